The number of ether oxygens (including phenoxy) is 1. The molecular weight excluding hydrogens is 644 g/mol. The standard InChI is InChI=1S/C29H23BrN4O10/c1-4-44-27(39)18-13(2)29(30)21-19(23(35)31(25(21)37)14-5-9-16(10-6-14)33(40)41)28(18,3)20-22(29)26(38)32(24(20)36)15-7-11-17(12-8-15)34(42)43/h5-12,19-22H,4H2,1-3H3. The van der Waals surface area contributed by atoms with Gasteiger partial charge in [-0.2, -0.15) is 0 Å². The summed E-state index contributed by atoms with van der Waals surface area (Å²) in [6.45, 7) is 4.64. The summed E-state index contributed by atoms with van der Waals surface area (Å²) >= 11 is 3.65. The van der Waals surface area contributed by atoms with E-state index in [4.69, 9.17) is 4.74 Å². The molecule has 3 fully saturated rings. The molecule has 2 bridgehead atoms. The third-order valence-corrected chi connectivity index (χ3v) is 11.0. The minimum absolute atomic E-state index is 0.0112. The van der Waals surface area contributed by atoms with Gasteiger partial charge < -0.3 is 4.74 Å². The first kappa shape index (κ1) is 29.3. The lowest BCUT2D eigenvalue weighted by Gasteiger charge is -2.59. The van der Waals surface area contributed by atoms with Crippen molar-refractivity contribution in [2.75, 3.05) is 16.4 Å². The summed E-state index contributed by atoms with van der Waals surface area (Å²) in [5, 5.41) is 22.4. The Labute approximate surface area is 257 Å². The molecule has 15 heteroatoms. The van der Waals surface area contributed by atoms with Crippen LogP contribution in [0.4, 0.5) is 22.7 Å². The molecule has 0 spiro atoms. The molecule has 0 N–H and O–H groups in total. The fraction of sp³-hybridized carbons (Fsp3) is 0.345. The largest absolute Gasteiger partial charge is 0.463 e. The number of amides is 4. The van der Waals surface area contributed by atoms with E-state index in [0.29, 0.717) is 0 Å². The molecule has 7 rings (SSSR count). The highest BCUT2D eigenvalue weighted by Crippen LogP contribution is 2.72. The Morgan fingerprint density at radius 3 is 1.50 bits per heavy atom. The number of nitro groups is 2. The second-order valence-corrected chi connectivity index (χ2v) is 12.6. The van der Waals surface area contributed by atoms with Crippen LogP contribution in [0.3, 0.4) is 0 Å². The zero-order valence-electron chi connectivity index (χ0n) is 23.4. The third-order valence-electron chi connectivity index (χ3n) is 9.42. The smallest absolute Gasteiger partial charge is 0.334 e. The number of esters is 1. The summed E-state index contributed by atoms with van der Waals surface area (Å²) in [6.07, 6.45) is 0. The van der Waals surface area contributed by atoms with E-state index < -0.39 is 72.9 Å². The molecule has 14 nitrogen and oxygen atoms in total. The molecule has 4 atom stereocenters. The second kappa shape index (κ2) is 9.61. The van der Waals surface area contributed by atoms with Crippen molar-refractivity contribution in [1.29, 1.82) is 0 Å². The van der Waals surface area contributed by atoms with Crippen LogP contribution in [0, 0.1) is 49.3 Å². The number of allylic oxidation sites excluding steroid dienone is 1. The van der Waals surface area contributed by atoms with E-state index in [1.54, 1.807) is 13.8 Å². The van der Waals surface area contributed by atoms with E-state index in [-0.39, 0.29) is 40.5 Å². The normalized spacial score (nSPS) is 30.5. The molecule has 3 aliphatic carbocycles. The van der Waals surface area contributed by atoms with Gasteiger partial charge in [-0.15, -0.1) is 0 Å². The summed E-state index contributed by atoms with van der Waals surface area (Å²) in [5.41, 5.74) is -1.79. The number of hydrogen-bond donors (Lipinski definition) is 0. The number of halogens is 1. The quantitative estimate of drug-likeness (QED) is 0.145. The lowest BCUT2D eigenvalue weighted by Crippen LogP contribution is -2.67. The van der Waals surface area contributed by atoms with Crippen molar-refractivity contribution in [3.63, 3.8) is 0 Å². The number of carbonyl (C=O) groups is 5. The monoisotopic (exact) mass is 666 g/mol. The first-order chi connectivity index (χ1) is 20.7. The molecule has 2 aliphatic heterocycles. The van der Waals surface area contributed by atoms with Crippen LogP contribution in [0.1, 0.15) is 20.8 Å². The first-order valence-electron chi connectivity index (χ1n) is 13.5. The molecule has 4 unspecified atom stereocenters. The number of non-ortho nitro benzene ring substituents is 2. The predicted octanol–water partition coefficient (Wildman–Crippen LogP) is 3.46. The number of benzene rings is 2. The van der Waals surface area contributed by atoms with Crippen LogP contribution < -0.4 is 9.80 Å². The zero-order chi connectivity index (χ0) is 32.0. The summed E-state index contributed by atoms with van der Waals surface area (Å²) in [5.74, 6) is -8.71. The SMILES string of the molecule is CCOC(=O)C1=C(C)C2(Br)C3C(=O)N(c4ccc([N+](=O)[O-])cc4)C(=O)C3C1(C)C1C(=O)N(c3ccc([N+](=O)[O-])cc3)C(=O)C12. The number of nitro benzene ring substituents is 2. The number of imide groups is 2. The van der Waals surface area contributed by atoms with Gasteiger partial charge in [-0.3, -0.25) is 39.4 Å². The van der Waals surface area contributed by atoms with Crippen LogP contribution in [0.2, 0.25) is 0 Å². The summed E-state index contributed by atoms with van der Waals surface area (Å²) in [7, 11) is 0. The van der Waals surface area contributed by atoms with Gasteiger partial charge in [0.1, 0.15) is 0 Å². The van der Waals surface area contributed by atoms with Crippen LogP contribution >= 0.6 is 15.9 Å². The Bertz CT molecular complexity index is 1650. The van der Waals surface area contributed by atoms with E-state index in [1.807, 2.05) is 0 Å². The van der Waals surface area contributed by atoms with E-state index in [0.717, 1.165) is 34.1 Å². The van der Waals surface area contributed by atoms with Crippen molar-refractivity contribution in [3.8, 4) is 0 Å². The van der Waals surface area contributed by atoms with Gasteiger partial charge in [0.15, 0.2) is 0 Å². The van der Waals surface area contributed by atoms with Gasteiger partial charge in [0.2, 0.25) is 23.6 Å². The van der Waals surface area contributed by atoms with Gasteiger partial charge in [0, 0.05) is 35.3 Å². The van der Waals surface area contributed by atoms with E-state index in [2.05, 4.69) is 15.9 Å². The minimum Gasteiger partial charge on any atom is -0.463 e. The Morgan fingerprint density at radius 1 is 0.795 bits per heavy atom. The highest BCUT2D eigenvalue weighted by Gasteiger charge is 2.81. The number of rotatable bonds is 6. The van der Waals surface area contributed by atoms with Crippen molar-refractivity contribution in [3.05, 3.63) is 79.9 Å². The van der Waals surface area contributed by atoms with Gasteiger partial charge in [-0.25, -0.2) is 14.6 Å². The summed E-state index contributed by atoms with van der Waals surface area (Å²) in [6, 6.07) is 9.63. The number of nitrogens with zero attached hydrogens (tertiary/aromatic N) is 4. The molecule has 2 aromatic carbocycles. The van der Waals surface area contributed by atoms with Gasteiger partial charge in [0.25, 0.3) is 11.4 Å². The van der Waals surface area contributed by atoms with Gasteiger partial charge >= 0.3 is 5.97 Å². The molecule has 4 amide bonds. The fourth-order valence-corrected chi connectivity index (χ4v) is 8.80. The predicted molar refractivity (Wildman–Crippen MR) is 154 cm³/mol. The number of alkyl halides is 1. The third kappa shape index (κ3) is 3.49. The Balaban J connectivity index is 1.54. The fourth-order valence-electron chi connectivity index (χ4n) is 7.69. The van der Waals surface area contributed by atoms with Crippen molar-refractivity contribution < 1.29 is 38.6 Å². The summed E-state index contributed by atoms with van der Waals surface area (Å²) in [4.78, 5) is 93.4. The lowest BCUT2D eigenvalue weighted by atomic mass is 9.43. The minimum atomic E-state index is -1.69. The maximum atomic E-state index is 14.3. The van der Waals surface area contributed by atoms with E-state index >= 15 is 0 Å². The van der Waals surface area contributed by atoms with Gasteiger partial charge in [-0.05, 0) is 43.7 Å². The molecule has 0 aromatic heterocycles. The molecule has 1 saturated carbocycles. The first-order valence-corrected chi connectivity index (χ1v) is 14.3. The molecule has 2 saturated heterocycles. The molecule has 0 radical (unpaired) electrons. The molecule has 2 heterocycles. The topological polar surface area (TPSA) is 187 Å². The Hall–Kier alpha value is -4.79. The van der Waals surface area contributed by atoms with Crippen LogP contribution in [-0.2, 0) is 28.7 Å². The zero-order valence-corrected chi connectivity index (χ0v) is 25.0. The van der Waals surface area contributed by atoms with Crippen LogP contribution in [0.5, 0.6) is 0 Å². The average Bonchev–Trinajstić information content (AvgIpc) is 3.42. The maximum Gasteiger partial charge on any atom is 0.334 e. The number of hydrogen-bond acceptors (Lipinski definition) is 10. The molecule has 226 valence electrons. The van der Waals surface area contributed by atoms with Crippen molar-refractivity contribution >= 4 is 68.3 Å². The Kier molecular flexibility index (Phi) is 6.39. The lowest BCUT2D eigenvalue weighted by molar-refractivity contribution is -0.385. The van der Waals surface area contributed by atoms with Crippen LogP contribution in [0.15, 0.2) is 59.7 Å². The highest BCUT2D eigenvalue weighted by molar-refractivity contribution is 9.10. The molecule has 5 aliphatic rings. The van der Waals surface area contributed by atoms with E-state index in [9.17, 15) is 44.2 Å². The number of carbonyl (C=O) groups excluding carboxylic acids is 5. The molecule has 44 heavy (non-hydrogen) atoms. The summed E-state index contributed by atoms with van der Waals surface area (Å²) < 4.78 is 3.69. The van der Waals surface area contributed by atoms with Crippen molar-refractivity contribution in [2.45, 2.75) is 25.1 Å². The van der Waals surface area contributed by atoms with Gasteiger partial charge in [0.05, 0.1) is 55.8 Å². The highest BCUT2D eigenvalue weighted by atomic mass is 79.9. The molecular formula is C29H23BrN4O10. The van der Waals surface area contributed by atoms with Crippen molar-refractivity contribution in [1.82, 2.24) is 0 Å². The second-order valence-electron chi connectivity index (χ2n) is 11.3. The van der Waals surface area contributed by atoms with Crippen LogP contribution in [-0.4, -0.2) is 50.4 Å². The van der Waals surface area contributed by atoms with Gasteiger partial charge in [-0.1, -0.05) is 22.9 Å². The number of anilines is 2. The average molecular weight is 667 g/mol. The van der Waals surface area contributed by atoms with Crippen molar-refractivity contribution in [2.24, 2.45) is 29.1 Å². The molecule has 2 aromatic rings. The van der Waals surface area contributed by atoms with Crippen LogP contribution in [0.25, 0.3) is 0 Å². The Morgan fingerprint density at radius 2 is 1.16 bits per heavy atom. The maximum absolute atomic E-state index is 14.3. The van der Waals surface area contributed by atoms with E-state index in [1.165, 1.54) is 31.2 Å².